The van der Waals surface area contributed by atoms with Crippen LogP contribution in [0.1, 0.15) is 57.9 Å². The van der Waals surface area contributed by atoms with Gasteiger partial charge in [-0.1, -0.05) is 57.0 Å². The molecule has 2 atom stereocenters. The Kier molecular flexibility index (Phi) is 7.11. The Morgan fingerprint density at radius 1 is 1.11 bits per heavy atom. The Labute approximate surface area is 117 Å². The lowest BCUT2D eigenvalue weighted by Crippen LogP contribution is -2.24. The molecular weight excluding hydrogens is 236 g/mol. The van der Waals surface area contributed by atoms with Crippen molar-refractivity contribution in [3.63, 3.8) is 0 Å². The van der Waals surface area contributed by atoms with E-state index in [9.17, 15) is 10.2 Å². The molecule has 0 amide bonds. The van der Waals surface area contributed by atoms with Crippen molar-refractivity contribution in [2.24, 2.45) is 0 Å². The van der Waals surface area contributed by atoms with Gasteiger partial charge in [-0.05, 0) is 36.7 Å². The highest BCUT2D eigenvalue weighted by atomic mass is 16.3. The summed E-state index contributed by atoms with van der Waals surface area (Å²) in [5.74, 6) is 0. The van der Waals surface area contributed by atoms with Crippen LogP contribution in [0.4, 0.5) is 0 Å². The fraction of sp³-hybridized carbons (Fsp3) is 0.647. The van der Waals surface area contributed by atoms with Gasteiger partial charge < -0.3 is 10.2 Å². The predicted octanol–water partition coefficient (Wildman–Crippen LogP) is 3.66. The zero-order valence-corrected chi connectivity index (χ0v) is 12.3. The van der Waals surface area contributed by atoms with E-state index in [1.807, 2.05) is 6.07 Å². The van der Waals surface area contributed by atoms with Gasteiger partial charge in [-0.3, -0.25) is 0 Å². The molecule has 0 saturated carbocycles. The van der Waals surface area contributed by atoms with Gasteiger partial charge in [0.15, 0.2) is 0 Å². The molecule has 19 heavy (non-hydrogen) atoms. The molecule has 0 aliphatic heterocycles. The van der Waals surface area contributed by atoms with Crippen molar-refractivity contribution in [2.75, 3.05) is 6.61 Å². The van der Waals surface area contributed by atoms with Gasteiger partial charge >= 0.3 is 0 Å². The van der Waals surface area contributed by atoms with Crippen molar-refractivity contribution in [3.8, 4) is 0 Å². The molecule has 1 rings (SSSR count). The molecule has 0 saturated heterocycles. The molecule has 2 nitrogen and oxygen atoms in total. The summed E-state index contributed by atoms with van der Waals surface area (Å²) in [5.41, 5.74) is 1.30. The molecule has 2 unspecified atom stereocenters. The van der Waals surface area contributed by atoms with Gasteiger partial charge in [0.1, 0.15) is 0 Å². The minimum absolute atomic E-state index is 0.0158. The SMILES string of the molecule is CCCC(O)CCCC(C)(CCO)c1ccccc1. The maximum absolute atomic E-state index is 9.80. The Balaban J connectivity index is 2.57. The van der Waals surface area contributed by atoms with Crippen molar-refractivity contribution in [1.29, 1.82) is 0 Å². The third kappa shape index (κ3) is 5.33. The molecule has 1 aromatic rings. The first-order chi connectivity index (χ1) is 9.12. The smallest absolute Gasteiger partial charge is 0.0540 e. The van der Waals surface area contributed by atoms with Gasteiger partial charge in [0.25, 0.3) is 0 Å². The fourth-order valence-corrected chi connectivity index (χ4v) is 2.71. The van der Waals surface area contributed by atoms with Crippen molar-refractivity contribution >= 4 is 0 Å². The van der Waals surface area contributed by atoms with Gasteiger partial charge in [-0.15, -0.1) is 0 Å². The molecule has 0 spiro atoms. The van der Waals surface area contributed by atoms with Crippen LogP contribution in [0.15, 0.2) is 30.3 Å². The van der Waals surface area contributed by atoms with Crippen LogP contribution in [0.25, 0.3) is 0 Å². The first-order valence-corrected chi connectivity index (χ1v) is 7.47. The average Bonchev–Trinajstić information content (AvgIpc) is 2.40. The lowest BCUT2D eigenvalue weighted by atomic mass is 9.75. The van der Waals surface area contributed by atoms with Crippen LogP contribution >= 0.6 is 0 Å². The molecule has 2 N–H and O–H groups in total. The molecule has 108 valence electrons. The highest BCUT2D eigenvalue weighted by Gasteiger charge is 2.25. The summed E-state index contributed by atoms with van der Waals surface area (Å²) in [4.78, 5) is 0. The number of rotatable bonds is 9. The molecule has 0 aromatic heterocycles. The van der Waals surface area contributed by atoms with E-state index in [0.717, 1.165) is 38.5 Å². The molecule has 0 radical (unpaired) electrons. The molecule has 0 aliphatic rings. The van der Waals surface area contributed by atoms with Gasteiger partial charge in [0.05, 0.1) is 6.10 Å². The van der Waals surface area contributed by atoms with Gasteiger partial charge in [-0.25, -0.2) is 0 Å². The van der Waals surface area contributed by atoms with Crippen LogP contribution in [0, 0.1) is 0 Å². The summed E-state index contributed by atoms with van der Waals surface area (Å²) in [7, 11) is 0. The molecular formula is C17H28O2. The van der Waals surface area contributed by atoms with E-state index in [4.69, 9.17) is 0 Å². The van der Waals surface area contributed by atoms with Gasteiger partial charge in [-0.2, -0.15) is 0 Å². The summed E-state index contributed by atoms with van der Waals surface area (Å²) < 4.78 is 0. The van der Waals surface area contributed by atoms with Gasteiger partial charge in [0.2, 0.25) is 0 Å². The van der Waals surface area contributed by atoms with Crippen LogP contribution in [0.5, 0.6) is 0 Å². The van der Waals surface area contributed by atoms with E-state index in [0.29, 0.717) is 0 Å². The zero-order valence-electron chi connectivity index (χ0n) is 12.3. The summed E-state index contributed by atoms with van der Waals surface area (Å²) in [6.45, 7) is 4.52. The van der Waals surface area contributed by atoms with Crippen LogP contribution in [-0.4, -0.2) is 22.9 Å². The monoisotopic (exact) mass is 264 g/mol. The lowest BCUT2D eigenvalue weighted by Gasteiger charge is -2.30. The molecule has 1 aromatic carbocycles. The molecule has 2 heteroatoms. The van der Waals surface area contributed by atoms with E-state index >= 15 is 0 Å². The van der Waals surface area contributed by atoms with E-state index in [1.165, 1.54) is 5.56 Å². The molecule has 0 aliphatic carbocycles. The minimum atomic E-state index is -0.167. The van der Waals surface area contributed by atoms with Gasteiger partial charge in [0, 0.05) is 6.61 Å². The average molecular weight is 264 g/mol. The van der Waals surface area contributed by atoms with E-state index in [2.05, 4.69) is 38.1 Å². The zero-order chi connectivity index (χ0) is 14.1. The summed E-state index contributed by atoms with van der Waals surface area (Å²) in [6.07, 6.45) is 5.42. The predicted molar refractivity (Wildman–Crippen MR) is 80.3 cm³/mol. The fourth-order valence-electron chi connectivity index (χ4n) is 2.71. The van der Waals surface area contributed by atoms with E-state index in [-0.39, 0.29) is 18.1 Å². The van der Waals surface area contributed by atoms with Crippen LogP contribution in [-0.2, 0) is 5.41 Å². The quantitative estimate of drug-likeness (QED) is 0.714. The number of hydrogen-bond donors (Lipinski definition) is 2. The second-order valence-corrected chi connectivity index (χ2v) is 5.74. The molecule has 0 bridgehead atoms. The summed E-state index contributed by atoms with van der Waals surface area (Å²) in [6, 6.07) is 10.4. The Morgan fingerprint density at radius 3 is 2.37 bits per heavy atom. The third-order valence-corrected chi connectivity index (χ3v) is 4.02. The maximum atomic E-state index is 9.80. The minimum Gasteiger partial charge on any atom is -0.396 e. The van der Waals surface area contributed by atoms with Crippen molar-refractivity contribution < 1.29 is 10.2 Å². The maximum Gasteiger partial charge on any atom is 0.0540 e. The third-order valence-electron chi connectivity index (χ3n) is 4.02. The Morgan fingerprint density at radius 2 is 1.79 bits per heavy atom. The highest BCUT2D eigenvalue weighted by Crippen LogP contribution is 2.33. The second kappa shape index (κ2) is 8.34. The number of aliphatic hydroxyl groups is 2. The first kappa shape index (κ1) is 16.2. The Bertz CT molecular complexity index is 336. The summed E-state index contributed by atoms with van der Waals surface area (Å²) in [5, 5.41) is 19.1. The lowest BCUT2D eigenvalue weighted by molar-refractivity contribution is 0.145. The van der Waals surface area contributed by atoms with E-state index < -0.39 is 0 Å². The van der Waals surface area contributed by atoms with Crippen molar-refractivity contribution in [2.45, 2.75) is 63.9 Å². The largest absolute Gasteiger partial charge is 0.396 e. The standard InChI is InChI=1S/C17H28O2/c1-3-8-16(19)11-7-12-17(2,13-14-18)15-9-5-4-6-10-15/h4-6,9-10,16,18-19H,3,7-8,11-14H2,1-2H3. The number of hydrogen-bond acceptors (Lipinski definition) is 2. The van der Waals surface area contributed by atoms with Crippen molar-refractivity contribution in [1.82, 2.24) is 0 Å². The van der Waals surface area contributed by atoms with Crippen LogP contribution in [0.3, 0.4) is 0 Å². The van der Waals surface area contributed by atoms with Crippen molar-refractivity contribution in [3.05, 3.63) is 35.9 Å². The normalized spacial score (nSPS) is 16.0. The second-order valence-electron chi connectivity index (χ2n) is 5.74. The van der Waals surface area contributed by atoms with Crippen LogP contribution in [0.2, 0.25) is 0 Å². The Hall–Kier alpha value is -0.860. The highest BCUT2D eigenvalue weighted by molar-refractivity contribution is 5.24. The number of aliphatic hydroxyl groups excluding tert-OH is 2. The molecule has 0 heterocycles. The molecule has 0 fully saturated rings. The number of benzene rings is 1. The van der Waals surface area contributed by atoms with Crippen LogP contribution < -0.4 is 0 Å². The summed E-state index contributed by atoms with van der Waals surface area (Å²) >= 11 is 0. The van der Waals surface area contributed by atoms with E-state index in [1.54, 1.807) is 0 Å². The topological polar surface area (TPSA) is 40.5 Å². The first-order valence-electron chi connectivity index (χ1n) is 7.47.